The van der Waals surface area contributed by atoms with Crippen molar-refractivity contribution in [2.75, 3.05) is 6.61 Å². The van der Waals surface area contributed by atoms with Crippen LogP contribution < -0.4 is 0 Å². The molecule has 0 bridgehead atoms. The van der Waals surface area contributed by atoms with Crippen molar-refractivity contribution in [2.24, 2.45) is 5.92 Å². The normalized spacial score (nSPS) is 13.3. The standard InChI is InChI=1S/C14H30O2/c1-13(2)10-8-6-4-3-5-7-9-11-14(16)12-15/h13-16H,3-12H2,1-2H3. The first-order chi connectivity index (χ1) is 7.66. The molecule has 0 saturated carbocycles. The van der Waals surface area contributed by atoms with E-state index in [1.165, 1.54) is 44.9 Å². The first kappa shape index (κ1) is 15.9. The molecule has 0 saturated heterocycles. The van der Waals surface area contributed by atoms with Gasteiger partial charge in [-0.3, -0.25) is 0 Å². The molecule has 0 aromatic heterocycles. The first-order valence-corrected chi connectivity index (χ1v) is 6.95. The third-order valence-electron chi connectivity index (χ3n) is 3.03. The third-order valence-corrected chi connectivity index (χ3v) is 3.03. The highest BCUT2D eigenvalue weighted by molar-refractivity contribution is 4.54. The average Bonchev–Trinajstić information content (AvgIpc) is 2.26. The minimum absolute atomic E-state index is 0.0881. The molecule has 0 rings (SSSR count). The van der Waals surface area contributed by atoms with E-state index in [4.69, 9.17) is 10.2 Å². The maximum Gasteiger partial charge on any atom is 0.0770 e. The van der Waals surface area contributed by atoms with E-state index >= 15 is 0 Å². The fourth-order valence-electron chi connectivity index (χ4n) is 1.91. The largest absolute Gasteiger partial charge is 0.394 e. The van der Waals surface area contributed by atoms with Gasteiger partial charge in [-0.05, 0) is 12.3 Å². The summed E-state index contributed by atoms with van der Waals surface area (Å²) in [7, 11) is 0. The van der Waals surface area contributed by atoms with Gasteiger partial charge < -0.3 is 10.2 Å². The molecule has 2 N–H and O–H groups in total. The summed E-state index contributed by atoms with van der Waals surface area (Å²) in [6.45, 7) is 4.48. The molecule has 0 aromatic carbocycles. The van der Waals surface area contributed by atoms with Crippen molar-refractivity contribution in [3.8, 4) is 0 Å². The second-order valence-corrected chi connectivity index (χ2v) is 5.28. The van der Waals surface area contributed by atoms with E-state index < -0.39 is 6.10 Å². The van der Waals surface area contributed by atoms with Gasteiger partial charge in [0, 0.05) is 0 Å². The molecule has 0 fully saturated rings. The summed E-state index contributed by atoms with van der Waals surface area (Å²) >= 11 is 0. The summed E-state index contributed by atoms with van der Waals surface area (Å²) in [5, 5.41) is 17.8. The number of unbranched alkanes of at least 4 members (excludes halogenated alkanes) is 6. The van der Waals surface area contributed by atoms with Crippen LogP contribution in [0.4, 0.5) is 0 Å². The van der Waals surface area contributed by atoms with Gasteiger partial charge >= 0.3 is 0 Å². The van der Waals surface area contributed by atoms with Crippen LogP contribution in [-0.4, -0.2) is 22.9 Å². The van der Waals surface area contributed by atoms with Crippen LogP contribution in [0.3, 0.4) is 0 Å². The van der Waals surface area contributed by atoms with E-state index in [2.05, 4.69) is 13.8 Å². The molecule has 0 radical (unpaired) electrons. The third kappa shape index (κ3) is 12.0. The topological polar surface area (TPSA) is 40.5 Å². The van der Waals surface area contributed by atoms with Gasteiger partial charge in [0.2, 0.25) is 0 Å². The second kappa shape index (κ2) is 11.4. The van der Waals surface area contributed by atoms with Crippen molar-refractivity contribution in [2.45, 2.75) is 77.7 Å². The first-order valence-electron chi connectivity index (χ1n) is 6.95. The fraction of sp³-hybridized carbons (Fsp3) is 1.00. The molecule has 2 heteroatoms. The van der Waals surface area contributed by atoms with E-state index in [9.17, 15) is 0 Å². The second-order valence-electron chi connectivity index (χ2n) is 5.28. The fourth-order valence-corrected chi connectivity index (χ4v) is 1.91. The number of rotatable bonds is 11. The summed E-state index contributed by atoms with van der Waals surface area (Å²) in [5.74, 6) is 0.847. The maximum atomic E-state index is 9.13. The Kier molecular flexibility index (Phi) is 11.3. The van der Waals surface area contributed by atoms with Crippen molar-refractivity contribution in [1.82, 2.24) is 0 Å². The van der Waals surface area contributed by atoms with E-state index in [1.54, 1.807) is 0 Å². The minimum atomic E-state index is -0.494. The molecule has 0 spiro atoms. The van der Waals surface area contributed by atoms with Crippen LogP contribution in [0.25, 0.3) is 0 Å². The van der Waals surface area contributed by atoms with Gasteiger partial charge in [-0.25, -0.2) is 0 Å². The molecular formula is C14H30O2. The molecule has 0 aliphatic heterocycles. The van der Waals surface area contributed by atoms with Gasteiger partial charge in [-0.1, -0.05) is 65.2 Å². The van der Waals surface area contributed by atoms with E-state index in [1.807, 2.05) is 0 Å². The van der Waals surface area contributed by atoms with Gasteiger partial charge in [0.1, 0.15) is 0 Å². The van der Waals surface area contributed by atoms with Gasteiger partial charge in [-0.15, -0.1) is 0 Å². The Balaban J connectivity index is 2.99. The van der Waals surface area contributed by atoms with E-state index in [0.29, 0.717) is 0 Å². The minimum Gasteiger partial charge on any atom is -0.394 e. The van der Waals surface area contributed by atoms with Crippen LogP contribution in [0.5, 0.6) is 0 Å². The molecular weight excluding hydrogens is 200 g/mol. The molecule has 98 valence electrons. The van der Waals surface area contributed by atoms with E-state index in [0.717, 1.165) is 18.8 Å². The Labute approximate surface area is 101 Å². The molecule has 1 atom stereocenters. The average molecular weight is 230 g/mol. The monoisotopic (exact) mass is 230 g/mol. The van der Waals surface area contributed by atoms with Gasteiger partial charge in [0.05, 0.1) is 12.7 Å². The lowest BCUT2D eigenvalue weighted by Crippen LogP contribution is -2.10. The number of aliphatic hydroxyl groups is 2. The Bertz CT molecular complexity index is 135. The zero-order chi connectivity index (χ0) is 12.2. The van der Waals surface area contributed by atoms with E-state index in [-0.39, 0.29) is 6.61 Å². The van der Waals surface area contributed by atoms with Crippen LogP contribution in [0, 0.1) is 5.92 Å². The molecule has 0 aliphatic carbocycles. The highest BCUT2D eigenvalue weighted by Crippen LogP contribution is 2.12. The SMILES string of the molecule is CC(C)CCCCCCCCCC(O)CO. The van der Waals surface area contributed by atoms with Crippen LogP contribution in [0.2, 0.25) is 0 Å². The lowest BCUT2D eigenvalue weighted by atomic mass is 10.0. The smallest absolute Gasteiger partial charge is 0.0770 e. The van der Waals surface area contributed by atoms with Gasteiger partial charge in [0.15, 0.2) is 0 Å². The van der Waals surface area contributed by atoms with Crippen LogP contribution >= 0.6 is 0 Å². The van der Waals surface area contributed by atoms with Crippen molar-refractivity contribution in [1.29, 1.82) is 0 Å². The maximum absolute atomic E-state index is 9.13. The van der Waals surface area contributed by atoms with Crippen molar-refractivity contribution in [3.05, 3.63) is 0 Å². The molecule has 2 nitrogen and oxygen atoms in total. The summed E-state index contributed by atoms with van der Waals surface area (Å²) in [4.78, 5) is 0. The van der Waals surface area contributed by atoms with Crippen LogP contribution in [0.15, 0.2) is 0 Å². The Morgan fingerprint density at radius 1 is 0.750 bits per heavy atom. The molecule has 16 heavy (non-hydrogen) atoms. The predicted octanol–water partition coefficient (Wildman–Crippen LogP) is 3.51. The molecule has 0 aromatic rings. The summed E-state index contributed by atoms with van der Waals surface area (Å²) < 4.78 is 0. The summed E-state index contributed by atoms with van der Waals surface area (Å²) in [6, 6.07) is 0. The summed E-state index contributed by atoms with van der Waals surface area (Å²) in [5.41, 5.74) is 0. The molecule has 1 unspecified atom stereocenters. The number of hydrogen-bond donors (Lipinski definition) is 2. The van der Waals surface area contributed by atoms with Crippen LogP contribution in [0.1, 0.15) is 71.6 Å². The van der Waals surface area contributed by atoms with Crippen molar-refractivity contribution < 1.29 is 10.2 Å². The molecule has 0 aliphatic rings. The lowest BCUT2D eigenvalue weighted by Gasteiger charge is -2.06. The molecule has 0 heterocycles. The molecule has 0 amide bonds. The zero-order valence-corrected chi connectivity index (χ0v) is 11.1. The Morgan fingerprint density at radius 2 is 1.19 bits per heavy atom. The van der Waals surface area contributed by atoms with Gasteiger partial charge in [0.25, 0.3) is 0 Å². The quantitative estimate of drug-likeness (QED) is 0.533. The Morgan fingerprint density at radius 3 is 1.62 bits per heavy atom. The zero-order valence-electron chi connectivity index (χ0n) is 11.1. The summed E-state index contributed by atoms with van der Waals surface area (Å²) in [6.07, 6.45) is 10.6. The number of hydrogen-bond acceptors (Lipinski definition) is 2. The van der Waals surface area contributed by atoms with Crippen molar-refractivity contribution >= 4 is 0 Å². The number of aliphatic hydroxyl groups excluding tert-OH is 2. The Hall–Kier alpha value is -0.0800. The predicted molar refractivity (Wildman–Crippen MR) is 69.5 cm³/mol. The lowest BCUT2D eigenvalue weighted by molar-refractivity contribution is 0.0860. The van der Waals surface area contributed by atoms with Crippen molar-refractivity contribution in [3.63, 3.8) is 0 Å². The highest BCUT2D eigenvalue weighted by atomic mass is 16.3. The van der Waals surface area contributed by atoms with Crippen LogP contribution in [-0.2, 0) is 0 Å². The van der Waals surface area contributed by atoms with Gasteiger partial charge in [-0.2, -0.15) is 0 Å². The highest BCUT2D eigenvalue weighted by Gasteiger charge is 2.00.